The normalized spacial score (nSPS) is 15.5. The zero-order chi connectivity index (χ0) is 25.8. The number of benzene rings is 3. The molecule has 3 N–H and O–H groups in total. The van der Waals surface area contributed by atoms with Crippen LogP contribution in [0.5, 0.6) is 0 Å². The monoisotopic (exact) mass is 478 g/mol. The van der Waals surface area contributed by atoms with Crippen molar-refractivity contribution in [3.8, 4) is 0 Å². The Hall–Kier alpha value is -3.65. The van der Waals surface area contributed by atoms with Crippen LogP contribution < -0.4 is 0 Å². The lowest BCUT2D eigenvalue weighted by atomic mass is 9.97. The Bertz CT molecular complexity index is 1070. The zero-order valence-electron chi connectivity index (χ0n) is 19.7. The summed E-state index contributed by atoms with van der Waals surface area (Å²) in [6, 6.07) is 26.5. The number of ether oxygens (including phenoxy) is 1. The van der Waals surface area contributed by atoms with E-state index in [9.17, 15) is 24.6 Å². The van der Waals surface area contributed by atoms with E-state index in [1.54, 1.807) is 72.8 Å². The Morgan fingerprint density at radius 1 is 0.857 bits per heavy atom. The van der Waals surface area contributed by atoms with Crippen LogP contribution in [0.4, 0.5) is 0 Å². The van der Waals surface area contributed by atoms with Crippen LogP contribution in [0.25, 0.3) is 0 Å². The highest BCUT2D eigenvalue weighted by Gasteiger charge is 2.24. The standard InChI is InChI=1S/C14H12O2.C10H12O2.C4H6O3/c15-13(11-7-3-1-4-8-11)14(16)12-9-5-2-6-10-12;1-10(2,12)9(11)8-6-4-3-5-7-8;5-3-1-2-7-4(3)6/h1-10,13,15H;3-7,12H,1-2H3;3,5H,1-2H2. The first-order chi connectivity index (χ1) is 16.6. The second kappa shape index (κ2) is 13.3. The Balaban J connectivity index is 0.000000200. The molecule has 4 rings (SSSR count). The van der Waals surface area contributed by atoms with Crippen LogP contribution in [0.3, 0.4) is 0 Å². The van der Waals surface area contributed by atoms with E-state index in [-0.39, 0.29) is 11.6 Å². The van der Waals surface area contributed by atoms with Crippen molar-refractivity contribution in [2.24, 2.45) is 0 Å². The second-order valence-electron chi connectivity index (χ2n) is 8.27. The molecule has 184 valence electrons. The van der Waals surface area contributed by atoms with Gasteiger partial charge in [0.15, 0.2) is 17.7 Å². The predicted octanol–water partition coefficient (Wildman–Crippen LogP) is 3.54. The lowest BCUT2D eigenvalue weighted by Gasteiger charge is -2.14. The fourth-order valence-electron chi connectivity index (χ4n) is 2.97. The summed E-state index contributed by atoms with van der Waals surface area (Å²) in [6.45, 7) is 3.35. The fourth-order valence-corrected chi connectivity index (χ4v) is 2.97. The molecule has 2 unspecified atom stereocenters. The number of cyclic esters (lactones) is 1. The van der Waals surface area contributed by atoms with Gasteiger partial charge in [0.05, 0.1) is 6.61 Å². The van der Waals surface area contributed by atoms with Gasteiger partial charge in [-0.2, -0.15) is 0 Å². The minimum Gasteiger partial charge on any atom is -0.464 e. The Morgan fingerprint density at radius 3 is 1.69 bits per heavy atom. The van der Waals surface area contributed by atoms with E-state index >= 15 is 0 Å². The topological polar surface area (TPSA) is 121 Å². The number of rotatable bonds is 5. The molecule has 1 fully saturated rings. The number of hydrogen-bond acceptors (Lipinski definition) is 7. The maximum absolute atomic E-state index is 11.9. The molecule has 7 nitrogen and oxygen atoms in total. The number of aliphatic hydroxyl groups excluding tert-OH is 2. The van der Waals surface area contributed by atoms with Crippen molar-refractivity contribution < 1.29 is 34.4 Å². The third-order valence-corrected chi connectivity index (χ3v) is 4.92. The van der Waals surface area contributed by atoms with Crippen LogP contribution in [-0.2, 0) is 9.53 Å². The third-order valence-electron chi connectivity index (χ3n) is 4.92. The lowest BCUT2D eigenvalue weighted by Crippen LogP contribution is -2.30. The second-order valence-corrected chi connectivity index (χ2v) is 8.27. The van der Waals surface area contributed by atoms with E-state index in [2.05, 4.69) is 4.74 Å². The van der Waals surface area contributed by atoms with Crippen molar-refractivity contribution in [1.82, 2.24) is 0 Å². The number of aliphatic hydroxyl groups is 3. The highest BCUT2D eigenvalue weighted by Crippen LogP contribution is 2.17. The summed E-state index contributed by atoms with van der Waals surface area (Å²) in [5.41, 5.74) is 0.418. The molecule has 35 heavy (non-hydrogen) atoms. The van der Waals surface area contributed by atoms with Crippen molar-refractivity contribution in [2.75, 3.05) is 6.61 Å². The molecule has 0 bridgehead atoms. The Kier molecular flexibility index (Phi) is 10.5. The first-order valence-corrected chi connectivity index (χ1v) is 11.1. The molecule has 1 aliphatic rings. The number of esters is 1. The van der Waals surface area contributed by atoms with Gasteiger partial charge in [0.25, 0.3) is 0 Å². The first-order valence-electron chi connectivity index (χ1n) is 11.1. The maximum atomic E-state index is 11.9. The first kappa shape index (κ1) is 27.6. The minimum absolute atomic E-state index is 0.247. The van der Waals surface area contributed by atoms with Crippen molar-refractivity contribution in [3.05, 3.63) is 108 Å². The van der Waals surface area contributed by atoms with E-state index in [1.165, 1.54) is 13.8 Å². The highest BCUT2D eigenvalue weighted by molar-refractivity contribution is 6.01. The molecular weight excluding hydrogens is 448 g/mol. The van der Waals surface area contributed by atoms with Gasteiger partial charge in [-0.05, 0) is 19.4 Å². The number of hydrogen-bond donors (Lipinski definition) is 3. The molecule has 0 aromatic heterocycles. The summed E-state index contributed by atoms with van der Waals surface area (Å²) in [5.74, 6) is -1.00. The van der Waals surface area contributed by atoms with E-state index < -0.39 is 23.8 Å². The molecule has 7 heteroatoms. The van der Waals surface area contributed by atoms with E-state index in [0.717, 1.165) is 0 Å². The summed E-state index contributed by atoms with van der Waals surface area (Å²) in [4.78, 5) is 33.4. The zero-order valence-corrected chi connectivity index (χ0v) is 19.7. The van der Waals surface area contributed by atoms with E-state index in [0.29, 0.717) is 29.7 Å². The SMILES string of the molecule is CC(C)(O)C(=O)c1ccccc1.O=C(c1ccccc1)C(O)c1ccccc1.O=C1OCCC1O. The molecule has 1 aliphatic heterocycles. The fraction of sp³-hybridized carbons (Fsp3) is 0.250. The van der Waals surface area contributed by atoms with Crippen LogP contribution >= 0.6 is 0 Å². The molecule has 2 atom stereocenters. The predicted molar refractivity (Wildman–Crippen MR) is 131 cm³/mol. The molecule has 0 radical (unpaired) electrons. The van der Waals surface area contributed by atoms with Gasteiger partial charge >= 0.3 is 5.97 Å². The van der Waals surface area contributed by atoms with E-state index in [1.807, 2.05) is 18.2 Å². The van der Waals surface area contributed by atoms with Crippen molar-refractivity contribution >= 4 is 17.5 Å². The van der Waals surface area contributed by atoms with Crippen LogP contribution in [0.15, 0.2) is 91.0 Å². The van der Waals surface area contributed by atoms with Gasteiger partial charge in [-0.1, -0.05) is 91.0 Å². The van der Waals surface area contributed by atoms with Gasteiger partial charge in [-0.15, -0.1) is 0 Å². The Labute approximate surface area is 204 Å². The molecule has 1 saturated heterocycles. The van der Waals surface area contributed by atoms with Gasteiger partial charge < -0.3 is 20.1 Å². The molecule has 0 spiro atoms. The molecule has 0 saturated carbocycles. The summed E-state index contributed by atoms with van der Waals surface area (Å²) in [5, 5.41) is 27.8. The third kappa shape index (κ3) is 8.90. The summed E-state index contributed by atoms with van der Waals surface area (Å²) in [6.07, 6.45) is -1.47. The number of carbonyl (C=O) groups excluding carboxylic acids is 3. The van der Waals surface area contributed by atoms with Gasteiger partial charge in [0.1, 0.15) is 11.7 Å². The molecule has 3 aromatic carbocycles. The van der Waals surface area contributed by atoms with Gasteiger partial charge in [-0.25, -0.2) is 4.79 Å². The van der Waals surface area contributed by atoms with E-state index in [4.69, 9.17) is 5.11 Å². The number of ketones is 2. The number of carbonyl (C=O) groups is 3. The molecule has 3 aromatic rings. The van der Waals surface area contributed by atoms with Gasteiger partial charge in [0.2, 0.25) is 0 Å². The highest BCUT2D eigenvalue weighted by atomic mass is 16.6. The molecular formula is C28H30O7. The maximum Gasteiger partial charge on any atom is 0.335 e. The summed E-state index contributed by atoms with van der Waals surface area (Å²) >= 11 is 0. The Morgan fingerprint density at radius 2 is 1.31 bits per heavy atom. The van der Waals surface area contributed by atoms with Crippen LogP contribution in [-0.4, -0.2) is 51.2 Å². The number of Topliss-reactive ketones (excluding diaryl/α,β-unsaturated/α-hetero) is 2. The van der Waals surface area contributed by atoms with Crippen LogP contribution in [0.2, 0.25) is 0 Å². The molecule has 0 amide bonds. The van der Waals surface area contributed by atoms with Crippen LogP contribution in [0, 0.1) is 0 Å². The van der Waals surface area contributed by atoms with Gasteiger partial charge in [-0.3, -0.25) is 9.59 Å². The molecule has 1 heterocycles. The van der Waals surface area contributed by atoms with Crippen molar-refractivity contribution in [1.29, 1.82) is 0 Å². The van der Waals surface area contributed by atoms with Gasteiger partial charge in [0, 0.05) is 17.5 Å². The molecule has 0 aliphatic carbocycles. The summed E-state index contributed by atoms with van der Waals surface area (Å²) < 4.78 is 4.38. The largest absolute Gasteiger partial charge is 0.464 e. The lowest BCUT2D eigenvalue weighted by molar-refractivity contribution is -0.144. The quantitative estimate of drug-likeness (QED) is 0.379. The minimum atomic E-state index is -1.28. The average molecular weight is 479 g/mol. The average Bonchev–Trinajstić information content (AvgIpc) is 3.26. The van der Waals surface area contributed by atoms with Crippen molar-refractivity contribution in [3.63, 3.8) is 0 Å². The smallest absolute Gasteiger partial charge is 0.335 e. The van der Waals surface area contributed by atoms with Crippen molar-refractivity contribution in [2.45, 2.75) is 38.1 Å². The van der Waals surface area contributed by atoms with Crippen LogP contribution in [0.1, 0.15) is 52.7 Å². The summed E-state index contributed by atoms with van der Waals surface area (Å²) in [7, 11) is 0.